The highest BCUT2D eigenvalue weighted by atomic mass is 16.4. The number of rotatable bonds is 7. The monoisotopic (exact) mass is 297 g/mol. The Bertz CT molecular complexity index is 376. The number of nitrogens with one attached hydrogen (secondary N) is 2. The van der Waals surface area contributed by atoms with Crippen molar-refractivity contribution in [3.05, 3.63) is 0 Å². The van der Waals surface area contributed by atoms with Gasteiger partial charge in [-0.1, -0.05) is 19.3 Å². The number of carbonyl (C=O) groups is 2. The quantitative estimate of drug-likeness (QED) is 0.664. The van der Waals surface area contributed by atoms with Crippen LogP contribution in [-0.4, -0.2) is 54.7 Å². The van der Waals surface area contributed by atoms with Crippen LogP contribution < -0.4 is 10.6 Å². The fraction of sp³-hybridized carbons (Fsp3) is 0.867. The number of carboxylic acid groups (broad SMARTS) is 1. The first-order chi connectivity index (χ1) is 10.0. The third kappa shape index (κ3) is 4.59. The van der Waals surface area contributed by atoms with Crippen LogP contribution in [0, 0.1) is 5.41 Å². The Morgan fingerprint density at radius 1 is 1.19 bits per heavy atom. The van der Waals surface area contributed by atoms with Crippen LogP contribution in [0.1, 0.15) is 44.9 Å². The summed E-state index contributed by atoms with van der Waals surface area (Å²) in [5.41, 5.74) is -0.763. The van der Waals surface area contributed by atoms with Crippen molar-refractivity contribution in [1.29, 1.82) is 0 Å². The van der Waals surface area contributed by atoms with E-state index in [1.165, 1.54) is 12.8 Å². The van der Waals surface area contributed by atoms with Gasteiger partial charge in [0.15, 0.2) is 0 Å². The summed E-state index contributed by atoms with van der Waals surface area (Å²) in [6.45, 7) is 1.66. The molecule has 2 aliphatic carbocycles. The molecular formula is C15H27N3O3. The van der Waals surface area contributed by atoms with Crippen molar-refractivity contribution >= 4 is 12.0 Å². The van der Waals surface area contributed by atoms with Gasteiger partial charge in [0.05, 0.1) is 5.41 Å². The second-order valence-corrected chi connectivity index (χ2v) is 6.47. The third-order valence-corrected chi connectivity index (χ3v) is 4.77. The number of urea groups is 1. The first-order valence-electron chi connectivity index (χ1n) is 7.99. The Morgan fingerprint density at radius 3 is 2.43 bits per heavy atom. The molecule has 6 heteroatoms. The Balaban J connectivity index is 1.67. The van der Waals surface area contributed by atoms with Gasteiger partial charge in [0.1, 0.15) is 0 Å². The molecule has 6 nitrogen and oxygen atoms in total. The van der Waals surface area contributed by atoms with Gasteiger partial charge in [0, 0.05) is 25.7 Å². The summed E-state index contributed by atoms with van der Waals surface area (Å²) in [7, 11) is 2.07. The number of aliphatic carboxylic acids is 1. The van der Waals surface area contributed by atoms with Gasteiger partial charge in [-0.15, -0.1) is 0 Å². The van der Waals surface area contributed by atoms with Gasteiger partial charge in [-0.2, -0.15) is 0 Å². The van der Waals surface area contributed by atoms with E-state index in [4.69, 9.17) is 0 Å². The van der Waals surface area contributed by atoms with Gasteiger partial charge in [-0.3, -0.25) is 4.79 Å². The van der Waals surface area contributed by atoms with Gasteiger partial charge in [0.2, 0.25) is 0 Å². The molecule has 2 rings (SSSR count). The van der Waals surface area contributed by atoms with Crippen LogP contribution in [0.2, 0.25) is 0 Å². The number of hydrogen-bond acceptors (Lipinski definition) is 3. The lowest BCUT2D eigenvalue weighted by atomic mass is 9.74. The Kier molecular flexibility index (Phi) is 5.45. The molecular weight excluding hydrogens is 270 g/mol. The molecule has 2 aliphatic rings. The molecule has 0 radical (unpaired) electrons. The summed E-state index contributed by atoms with van der Waals surface area (Å²) in [4.78, 5) is 25.5. The summed E-state index contributed by atoms with van der Waals surface area (Å²) in [6, 6.07) is 0.428. The van der Waals surface area contributed by atoms with E-state index in [0.717, 1.165) is 25.8 Å². The summed E-state index contributed by atoms with van der Waals surface area (Å²) in [5.74, 6) is -0.782. The number of amides is 2. The van der Waals surface area contributed by atoms with Crippen molar-refractivity contribution in [3.63, 3.8) is 0 Å². The van der Waals surface area contributed by atoms with Crippen LogP contribution in [0.25, 0.3) is 0 Å². The lowest BCUT2D eigenvalue weighted by molar-refractivity contribution is -0.150. The molecule has 21 heavy (non-hydrogen) atoms. The molecule has 0 bridgehead atoms. The minimum atomic E-state index is -0.782. The Hall–Kier alpha value is -1.30. The van der Waals surface area contributed by atoms with Crippen LogP contribution in [0.4, 0.5) is 4.79 Å². The molecule has 0 aliphatic heterocycles. The number of likely N-dealkylation sites (N-methyl/N-ethyl adjacent to an activating group) is 1. The normalized spacial score (nSPS) is 21.0. The van der Waals surface area contributed by atoms with Crippen LogP contribution in [0.5, 0.6) is 0 Å². The molecule has 120 valence electrons. The van der Waals surface area contributed by atoms with Gasteiger partial charge >= 0.3 is 12.0 Å². The van der Waals surface area contributed by atoms with Crippen LogP contribution >= 0.6 is 0 Å². The molecule has 2 fully saturated rings. The van der Waals surface area contributed by atoms with Crippen molar-refractivity contribution in [2.24, 2.45) is 5.41 Å². The average molecular weight is 297 g/mol. The van der Waals surface area contributed by atoms with E-state index in [1.54, 1.807) is 0 Å². The van der Waals surface area contributed by atoms with Crippen molar-refractivity contribution in [1.82, 2.24) is 15.5 Å². The molecule has 0 atom stereocenters. The predicted octanol–water partition coefficient (Wildman–Crippen LogP) is 1.41. The highest BCUT2D eigenvalue weighted by molar-refractivity contribution is 5.78. The lowest BCUT2D eigenvalue weighted by Gasteiger charge is -2.33. The largest absolute Gasteiger partial charge is 0.481 e. The predicted molar refractivity (Wildman–Crippen MR) is 80.2 cm³/mol. The highest BCUT2D eigenvalue weighted by Crippen LogP contribution is 2.35. The topological polar surface area (TPSA) is 81.7 Å². The minimum absolute atomic E-state index is 0.229. The second-order valence-electron chi connectivity index (χ2n) is 6.47. The number of carboxylic acids is 1. The minimum Gasteiger partial charge on any atom is -0.481 e. The lowest BCUT2D eigenvalue weighted by Crippen LogP contribution is -2.48. The molecule has 0 spiro atoms. The maximum absolute atomic E-state index is 11.8. The van der Waals surface area contributed by atoms with Crippen molar-refractivity contribution in [2.75, 3.05) is 26.7 Å². The van der Waals surface area contributed by atoms with Crippen LogP contribution in [-0.2, 0) is 4.79 Å². The Morgan fingerprint density at radius 2 is 1.86 bits per heavy atom. The maximum atomic E-state index is 11.8. The third-order valence-electron chi connectivity index (χ3n) is 4.77. The van der Waals surface area contributed by atoms with E-state index in [0.29, 0.717) is 25.4 Å². The van der Waals surface area contributed by atoms with Crippen LogP contribution in [0.3, 0.4) is 0 Å². The number of hydrogen-bond donors (Lipinski definition) is 3. The molecule has 0 aromatic rings. The van der Waals surface area contributed by atoms with Crippen molar-refractivity contribution < 1.29 is 14.7 Å². The van der Waals surface area contributed by atoms with E-state index in [-0.39, 0.29) is 12.6 Å². The van der Waals surface area contributed by atoms with Gasteiger partial charge < -0.3 is 20.6 Å². The smallest absolute Gasteiger partial charge is 0.314 e. The maximum Gasteiger partial charge on any atom is 0.314 e. The molecule has 2 amide bonds. The van der Waals surface area contributed by atoms with Crippen LogP contribution in [0.15, 0.2) is 0 Å². The zero-order valence-electron chi connectivity index (χ0n) is 12.9. The number of carbonyl (C=O) groups excluding carboxylic acids is 1. The Labute approximate surface area is 126 Å². The van der Waals surface area contributed by atoms with Gasteiger partial charge in [0.25, 0.3) is 0 Å². The molecule has 0 unspecified atom stereocenters. The van der Waals surface area contributed by atoms with Crippen molar-refractivity contribution in [3.8, 4) is 0 Å². The van der Waals surface area contributed by atoms with Gasteiger partial charge in [-0.25, -0.2) is 4.79 Å². The van der Waals surface area contributed by atoms with E-state index in [1.807, 2.05) is 0 Å². The molecule has 0 saturated heterocycles. The summed E-state index contributed by atoms with van der Waals surface area (Å²) in [5, 5.41) is 15.0. The molecule has 0 aromatic heterocycles. The fourth-order valence-electron chi connectivity index (χ4n) is 3.05. The van der Waals surface area contributed by atoms with E-state index in [2.05, 4.69) is 22.6 Å². The summed E-state index contributed by atoms with van der Waals surface area (Å²) in [6.07, 6.45) is 6.78. The first kappa shape index (κ1) is 16.1. The molecule has 3 N–H and O–H groups in total. The van der Waals surface area contributed by atoms with E-state index < -0.39 is 11.4 Å². The average Bonchev–Trinajstić information content (AvgIpc) is 3.30. The highest BCUT2D eigenvalue weighted by Gasteiger charge is 2.39. The van der Waals surface area contributed by atoms with Gasteiger partial charge in [-0.05, 0) is 32.7 Å². The number of nitrogens with zero attached hydrogens (tertiary/aromatic N) is 1. The molecule has 0 heterocycles. The van der Waals surface area contributed by atoms with E-state index >= 15 is 0 Å². The fourth-order valence-corrected chi connectivity index (χ4v) is 3.05. The van der Waals surface area contributed by atoms with Crippen molar-refractivity contribution in [2.45, 2.75) is 51.0 Å². The summed E-state index contributed by atoms with van der Waals surface area (Å²) >= 11 is 0. The second kappa shape index (κ2) is 7.11. The standard InChI is InChI=1S/C15H27N3O3/c1-18(12-5-6-12)10-9-16-14(21)17-11-15(13(19)20)7-3-2-4-8-15/h12H,2-11H2,1H3,(H,19,20)(H2,16,17,21). The first-order valence-corrected chi connectivity index (χ1v) is 7.99. The SMILES string of the molecule is CN(CCNC(=O)NCC1(C(=O)O)CCCCC1)C1CC1. The van der Waals surface area contributed by atoms with E-state index in [9.17, 15) is 14.7 Å². The summed E-state index contributed by atoms with van der Waals surface area (Å²) < 4.78 is 0. The zero-order valence-corrected chi connectivity index (χ0v) is 12.9. The zero-order chi connectivity index (χ0) is 15.3. The molecule has 2 saturated carbocycles. The molecule has 0 aromatic carbocycles.